The van der Waals surface area contributed by atoms with Crippen LogP contribution < -0.4 is 10.2 Å². The molecule has 0 aromatic heterocycles. The van der Waals surface area contributed by atoms with Gasteiger partial charge in [-0.15, -0.1) is 0 Å². The molecule has 0 saturated heterocycles. The summed E-state index contributed by atoms with van der Waals surface area (Å²) < 4.78 is 15.2. The summed E-state index contributed by atoms with van der Waals surface area (Å²) in [7, 11) is 2.44. The molecule has 162 valence electrons. The molecule has 0 bridgehead atoms. The van der Waals surface area contributed by atoms with Gasteiger partial charge in [0.25, 0.3) is 5.91 Å². The van der Waals surface area contributed by atoms with Crippen molar-refractivity contribution in [3.63, 3.8) is 0 Å². The summed E-state index contributed by atoms with van der Waals surface area (Å²) in [6, 6.07) is 12.5. The topological polar surface area (TPSA) is 94.2 Å². The molecule has 1 amide bonds. The first kappa shape index (κ1) is 22.0. The Kier molecular flexibility index (Phi) is 6.71. The number of esters is 2. The van der Waals surface area contributed by atoms with Gasteiger partial charge in [-0.1, -0.05) is 30.3 Å². The van der Waals surface area contributed by atoms with Gasteiger partial charge in [-0.25, -0.2) is 9.59 Å². The number of benzene rings is 2. The Labute approximate surface area is 180 Å². The van der Waals surface area contributed by atoms with Crippen molar-refractivity contribution in [1.29, 1.82) is 0 Å². The molecule has 1 aliphatic heterocycles. The number of aryl methyl sites for hydroxylation is 2. The van der Waals surface area contributed by atoms with Gasteiger partial charge in [-0.2, -0.15) is 0 Å². The van der Waals surface area contributed by atoms with Crippen molar-refractivity contribution in [2.45, 2.75) is 13.8 Å². The zero-order valence-electron chi connectivity index (χ0n) is 17.9. The first-order chi connectivity index (χ1) is 14.9. The molecule has 3 rings (SSSR count). The van der Waals surface area contributed by atoms with Crippen molar-refractivity contribution >= 4 is 29.2 Å². The van der Waals surface area contributed by atoms with Crippen LogP contribution in [0.5, 0.6) is 0 Å². The molecular weight excluding hydrogens is 400 g/mol. The summed E-state index contributed by atoms with van der Waals surface area (Å²) in [6.45, 7) is 3.67. The number of para-hydroxylation sites is 2. The van der Waals surface area contributed by atoms with Crippen LogP contribution in [0.2, 0.25) is 0 Å². The lowest BCUT2D eigenvalue weighted by Crippen LogP contribution is -2.39. The molecule has 0 saturated carbocycles. The molecular formula is C23H24N2O6. The Morgan fingerprint density at radius 1 is 0.935 bits per heavy atom. The SMILES string of the molecule is COC(=O)C1=C(C(=O)OC)N(c2ccccc2C(=O)Nc2c(C)cccc2C)COC1. The third-order valence-corrected chi connectivity index (χ3v) is 4.99. The van der Waals surface area contributed by atoms with Gasteiger partial charge in [-0.3, -0.25) is 4.79 Å². The van der Waals surface area contributed by atoms with Crippen molar-refractivity contribution in [2.75, 3.05) is 37.8 Å². The number of carbonyl (C=O) groups excluding carboxylic acids is 3. The lowest BCUT2D eigenvalue weighted by atomic mass is 10.1. The van der Waals surface area contributed by atoms with E-state index in [4.69, 9.17) is 14.2 Å². The summed E-state index contributed by atoms with van der Waals surface area (Å²) in [5.41, 5.74) is 3.27. The average Bonchev–Trinajstić information content (AvgIpc) is 2.79. The molecule has 0 unspecified atom stereocenters. The van der Waals surface area contributed by atoms with Gasteiger partial charge in [0.1, 0.15) is 12.4 Å². The van der Waals surface area contributed by atoms with Crippen molar-refractivity contribution in [1.82, 2.24) is 0 Å². The third kappa shape index (κ3) is 4.44. The van der Waals surface area contributed by atoms with Gasteiger partial charge < -0.3 is 24.4 Å². The second-order valence-corrected chi connectivity index (χ2v) is 6.95. The summed E-state index contributed by atoms with van der Waals surface area (Å²) in [5.74, 6) is -1.79. The minimum atomic E-state index is -0.728. The molecule has 8 nitrogen and oxygen atoms in total. The predicted octanol–water partition coefficient (Wildman–Crippen LogP) is 2.95. The van der Waals surface area contributed by atoms with Crippen molar-refractivity contribution in [3.05, 3.63) is 70.4 Å². The molecule has 1 aliphatic rings. The highest BCUT2D eigenvalue weighted by atomic mass is 16.5. The largest absolute Gasteiger partial charge is 0.466 e. The number of nitrogens with one attached hydrogen (secondary N) is 1. The summed E-state index contributed by atoms with van der Waals surface area (Å²) in [5, 5.41) is 2.95. The Morgan fingerprint density at radius 3 is 2.23 bits per heavy atom. The van der Waals surface area contributed by atoms with Gasteiger partial charge >= 0.3 is 11.9 Å². The van der Waals surface area contributed by atoms with Crippen molar-refractivity contribution < 1.29 is 28.6 Å². The molecule has 8 heteroatoms. The molecule has 0 fully saturated rings. The van der Waals surface area contributed by atoms with Crippen LogP contribution in [-0.4, -0.2) is 45.4 Å². The predicted molar refractivity (Wildman–Crippen MR) is 115 cm³/mol. The number of carbonyl (C=O) groups is 3. The number of methoxy groups -OCH3 is 2. The second-order valence-electron chi connectivity index (χ2n) is 6.95. The van der Waals surface area contributed by atoms with Crippen LogP contribution in [0.15, 0.2) is 53.7 Å². The fourth-order valence-corrected chi connectivity index (χ4v) is 3.43. The van der Waals surface area contributed by atoms with E-state index in [-0.39, 0.29) is 30.5 Å². The quantitative estimate of drug-likeness (QED) is 0.738. The molecule has 2 aromatic carbocycles. The lowest BCUT2D eigenvalue weighted by Gasteiger charge is -2.32. The van der Waals surface area contributed by atoms with E-state index >= 15 is 0 Å². The van der Waals surface area contributed by atoms with Gasteiger partial charge in [0.05, 0.1) is 37.7 Å². The summed E-state index contributed by atoms with van der Waals surface area (Å²) >= 11 is 0. The molecule has 31 heavy (non-hydrogen) atoms. The van der Waals surface area contributed by atoms with E-state index in [1.807, 2.05) is 32.0 Å². The second kappa shape index (κ2) is 9.44. The molecule has 0 spiro atoms. The van der Waals surface area contributed by atoms with E-state index in [1.54, 1.807) is 24.3 Å². The number of nitrogens with zero attached hydrogens (tertiary/aromatic N) is 1. The Hall–Kier alpha value is -3.65. The average molecular weight is 424 g/mol. The molecule has 2 aromatic rings. The van der Waals surface area contributed by atoms with Crippen LogP contribution in [0.4, 0.5) is 11.4 Å². The number of hydrogen-bond donors (Lipinski definition) is 1. The number of amides is 1. The Morgan fingerprint density at radius 2 is 1.58 bits per heavy atom. The maximum atomic E-state index is 13.2. The van der Waals surface area contributed by atoms with Gasteiger partial charge in [0.2, 0.25) is 0 Å². The summed E-state index contributed by atoms with van der Waals surface area (Å²) in [4.78, 5) is 39.4. The number of anilines is 2. The first-order valence-corrected chi connectivity index (χ1v) is 9.60. The van der Waals surface area contributed by atoms with Crippen LogP contribution in [0.3, 0.4) is 0 Å². The molecule has 1 heterocycles. The van der Waals surface area contributed by atoms with Crippen LogP contribution >= 0.6 is 0 Å². The monoisotopic (exact) mass is 424 g/mol. The number of ether oxygens (including phenoxy) is 3. The lowest BCUT2D eigenvalue weighted by molar-refractivity contribution is -0.140. The smallest absolute Gasteiger partial charge is 0.355 e. The Balaban J connectivity index is 2.07. The number of hydrogen-bond acceptors (Lipinski definition) is 7. The highest BCUT2D eigenvalue weighted by Gasteiger charge is 2.34. The van der Waals surface area contributed by atoms with E-state index in [1.165, 1.54) is 19.1 Å². The standard InChI is InChI=1S/C23H24N2O6/c1-14-8-7-9-15(2)19(14)24-21(26)16-10-5-6-11-18(16)25-13-31-12-17(22(27)29-3)20(25)23(28)30-4/h5-11H,12-13H2,1-4H3,(H,24,26). The van der Waals surface area contributed by atoms with E-state index < -0.39 is 11.9 Å². The van der Waals surface area contributed by atoms with Crippen molar-refractivity contribution in [2.24, 2.45) is 0 Å². The van der Waals surface area contributed by atoms with Crippen LogP contribution in [0.25, 0.3) is 0 Å². The number of rotatable bonds is 5. The Bertz CT molecular complexity index is 1040. The first-order valence-electron chi connectivity index (χ1n) is 9.60. The van der Waals surface area contributed by atoms with Crippen LogP contribution in [0, 0.1) is 13.8 Å². The summed E-state index contributed by atoms with van der Waals surface area (Å²) in [6.07, 6.45) is 0. The van der Waals surface area contributed by atoms with Gasteiger partial charge in [0, 0.05) is 5.69 Å². The van der Waals surface area contributed by atoms with Gasteiger partial charge in [0.15, 0.2) is 0 Å². The maximum Gasteiger partial charge on any atom is 0.355 e. The maximum absolute atomic E-state index is 13.2. The van der Waals surface area contributed by atoms with E-state index in [9.17, 15) is 14.4 Å². The van der Waals surface area contributed by atoms with Crippen LogP contribution in [-0.2, 0) is 23.8 Å². The zero-order valence-corrected chi connectivity index (χ0v) is 17.9. The van der Waals surface area contributed by atoms with Gasteiger partial charge in [-0.05, 0) is 37.1 Å². The fourth-order valence-electron chi connectivity index (χ4n) is 3.43. The van der Waals surface area contributed by atoms with E-state index in [0.717, 1.165) is 16.8 Å². The van der Waals surface area contributed by atoms with Crippen molar-refractivity contribution in [3.8, 4) is 0 Å². The molecule has 1 N–H and O–H groups in total. The minimum absolute atomic E-state index is 0.0190. The van der Waals surface area contributed by atoms with E-state index in [0.29, 0.717) is 11.3 Å². The highest BCUT2D eigenvalue weighted by molar-refractivity contribution is 6.10. The third-order valence-electron chi connectivity index (χ3n) is 4.99. The molecule has 0 atom stereocenters. The van der Waals surface area contributed by atoms with Crippen LogP contribution in [0.1, 0.15) is 21.5 Å². The molecule has 0 radical (unpaired) electrons. The zero-order chi connectivity index (χ0) is 22.5. The fraction of sp³-hybridized carbons (Fsp3) is 0.261. The normalized spacial score (nSPS) is 13.6. The minimum Gasteiger partial charge on any atom is -0.466 e. The highest BCUT2D eigenvalue weighted by Crippen LogP contribution is 2.30. The van der Waals surface area contributed by atoms with E-state index in [2.05, 4.69) is 5.32 Å². The molecule has 0 aliphatic carbocycles.